The number of halogens is 8. The summed E-state index contributed by atoms with van der Waals surface area (Å²) in [6.07, 6.45) is 7.01. The van der Waals surface area contributed by atoms with Gasteiger partial charge in [0.25, 0.3) is 0 Å². The van der Waals surface area contributed by atoms with Crippen LogP contribution in [0.4, 0.5) is 34.5 Å². The van der Waals surface area contributed by atoms with E-state index in [1.165, 1.54) is 10.8 Å². The van der Waals surface area contributed by atoms with Gasteiger partial charge in [-0.05, 0) is 94.3 Å². The van der Waals surface area contributed by atoms with Crippen LogP contribution in [0.25, 0.3) is 67.1 Å². The van der Waals surface area contributed by atoms with Gasteiger partial charge in [-0.2, -0.15) is 0 Å². The molecule has 10 nitrogen and oxygen atoms in total. The normalized spacial score (nSPS) is 10.8. The number of rotatable bonds is 14. The van der Waals surface area contributed by atoms with Gasteiger partial charge in [-0.3, -0.25) is 19.9 Å². The Morgan fingerprint density at radius 1 is 0.280 bits per heavy atom. The van der Waals surface area contributed by atoms with E-state index in [4.69, 9.17) is 28.9 Å². The average molecular weight is 1070 g/mol. The molecule has 10 aromatic rings. The van der Waals surface area contributed by atoms with Crippen molar-refractivity contribution in [1.82, 2.24) is 29.9 Å². The van der Waals surface area contributed by atoms with Crippen LogP contribution in [0.3, 0.4) is 0 Å². The smallest absolute Gasteiger partial charge is 0.490 e. The summed E-state index contributed by atoms with van der Waals surface area (Å²) >= 11 is 0. The van der Waals surface area contributed by atoms with E-state index < -0.39 is 14.5 Å². The van der Waals surface area contributed by atoms with Crippen molar-refractivity contribution in [1.29, 1.82) is 0 Å². The molecular weight excluding hydrogens is 1030 g/mol. The number of aromatic nitrogens is 6. The van der Waals surface area contributed by atoms with Crippen molar-refractivity contribution in [2.45, 2.75) is 0 Å². The number of pyridine rings is 6. The van der Waals surface area contributed by atoms with Gasteiger partial charge in [0.15, 0.2) is 0 Å². The average Bonchev–Trinajstić information content (AvgIpc) is 3.41. The largest absolute Gasteiger partial charge is 2.00 e. The van der Waals surface area contributed by atoms with Crippen LogP contribution >= 0.6 is 0 Å². The minimum Gasteiger partial charge on any atom is -0.490 e. The van der Waals surface area contributed by atoms with E-state index in [-0.39, 0.29) is 16.8 Å². The van der Waals surface area contributed by atoms with Crippen LogP contribution in [-0.2, 0) is 16.8 Å². The number of benzene rings is 4. The first-order valence-electron chi connectivity index (χ1n) is 22.6. The number of hydrogen-bond donors (Lipinski definition) is 0. The molecule has 0 atom stereocenters. The minimum absolute atomic E-state index is 0. The summed E-state index contributed by atoms with van der Waals surface area (Å²) in [5.41, 5.74) is 6.06. The summed E-state index contributed by atoms with van der Waals surface area (Å²) in [5.74, 6) is 3.04. The van der Waals surface area contributed by atoms with Crippen molar-refractivity contribution in [3.63, 3.8) is 0 Å². The molecule has 6 aromatic heterocycles. The monoisotopic (exact) mass is 1070 g/mol. The first kappa shape index (κ1) is 55.9. The van der Waals surface area contributed by atoms with Crippen LogP contribution in [0.2, 0.25) is 0 Å². The second-order valence-corrected chi connectivity index (χ2v) is 15.4. The first-order valence-corrected chi connectivity index (χ1v) is 22.6. The molecule has 0 amide bonds. The van der Waals surface area contributed by atoms with Gasteiger partial charge in [-0.15, -0.1) is 0 Å². The van der Waals surface area contributed by atoms with E-state index in [0.29, 0.717) is 37.9 Å². The maximum atomic E-state index is 9.75. The van der Waals surface area contributed by atoms with Gasteiger partial charge >= 0.3 is 31.3 Å². The fourth-order valence-corrected chi connectivity index (χ4v) is 6.91. The van der Waals surface area contributed by atoms with Crippen LogP contribution in [0.15, 0.2) is 207 Å². The van der Waals surface area contributed by atoms with Gasteiger partial charge in [0.05, 0.1) is 45.6 Å². The molecule has 0 N–H and O–H groups in total. The van der Waals surface area contributed by atoms with Crippen LogP contribution in [0, 0.1) is 0 Å². The molecule has 383 valence electrons. The summed E-state index contributed by atoms with van der Waals surface area (Å²) in [7, 11) is -12.0. The van der Waals surface area contributed by atoms with E-state index in [1.54, 1.807) is 24.8 Å². The number of hydrogen-bond acceptors (Lipinski definition) is 10. The third-order valence-corrected chi connectivity index (χ3v) is 9.99. The number of fused-ring (bicyclic) bond motifs is 2. The van der Waals surface area contributed by atoms with E-state index in [9.17, 15) is 34.5 Å². The van der Waals surface area contributed by atoms with Gasteiger partial charge in [0, 0.05) is 49.1 Å². The van der Waals surface area contributed by atoms with E-state index >= 15 is 0 Å². The predicted molar refractivity (Wildman–Crippen MR) is 272 cm³/mol. The third kappa shape index (κ3) is 19.2. The first-order chi connectivity index (χ1) is 35.7. The Morgan fingerprint density at radius 2 is 0.533 bits per heavy atom. The van der Waals surface area contributed by atoms with Gasteiger partial charge in [0.1, 0.15) is 49.4 Å². The standard InChI is InChI=1S/2C27H21N3O2.2BF4.Co/c2*1-2-8-21-17-22(12-11-20(21)7-1)31-15-16-32-23-18-26(24-9-3-5-13-28-24)30-27(19-23)25-10-4-6-14-29-25;2*2-1(3,4)5;/h2*1-14,17-19H,15-16H2;;;/q;;2*-1;+2. The molecule has 0 aliphatic rings. The third-order valence-electron chi connectivity index (χ3n) is 9.99. The Morgan fingerprint density at radius 3 is 0.800 bits per heavy atom. The van der Waals surface area contributed by atoms with E-state index in [2.05, 4.69) is 56.3 Å². The minimum atomic E-state index is -6.00. The van der Waals surface area contributed by atoms with Crippen molar-refractivity contribution in [3.8, 4) is 68.5 Å². The Hall–Kier alpha value is -8.42. The summed E-state index contributed by atoms with van der Waals surface area (Å²) < 4.78 is 102. The van der Waals surface area contributed by atoms with Crippen LogP contribution < -0.4 is 18.9 Å². The summed E-state index contributed by atoms with van der Waals surface area (Å²) in [4.78, 5) is 27.2. The molecule has 4 aromatic carbocycles. The van der Waals surface area contributed by atoms with Crippen LogP contribution in [0.1, 0.15) is 0 Å². The van der Waals surface area contributed by atoms with Gasteiger partial charge in [-0.25, -0.2) is 9.97 Å². The molecule has 0 bridgehead atoms. The fraction of sp³-hybridized carbons (Fsp3) is 0.0741. The molecule has 0 aliphatic carbocycles. The second-order valence-electron chi connectivity index (χ2n) is 15.4. The van der Waals surface area contributed by atoms with E-state index in [1.807, 2.05) is 146 Å². The van der Waals surface area contributed by atoms with E-state index in [0.717, 1.165) is 67.8 Å². The number of ether oxygens (including phenoxy) is 4. The fourth-order valence-electron chi connectivity index (χ4n) is 6.91. The Bertz CT molecular complexity index is 2980. The molecular formula is C54H42B2CoF8N6O4. The maximum Gasteiger partial charge on any atom is 2.00 e. The quantitative estimate of drug-likeness (QED) is 0.0592. The van der Waals surface area contributed by atoms with Crippen molar-refractivity contribution in [2.75, 3.05) is 26.4 Å². The zero-order chi connectivity index (χ0) is 52.2. The maximum absolute atomic E-state index is 9.75. The SMILES string of the molecule is F[B-](F)(F)F.F[B-](F)(F)F.[Co+2].c1ccc(-c2cc(OCCOc3ccc4ccccc4c3)cc(-c3ccccn3)n2)nc1.c1ccc(-c2cc(OCCOc3ccc4ccccc4c3)cc(-c3ccccn3)n2)nc1. The van der Waals surface area contributed by atoms with Crippen LogP contribution in [-0.4, -0.2) is 70.8 Å². The second kappa shape index (κ2) is 27.6. The molecule has 0 saturated heterocycles. The number of nitrogens with zero attached hydrogens (tertiary/aromatic N) is 6. The van der Waals surface area contributed by atoms with Crippen molar-refractivity contribution >= 4 is 36.1 Å². The van der Waals surface area contributed by atoms with Gasteiger partial charge in [-0.1, -0.05) is 84.9 Å². The topological polar surface area (TPSA) is 114 Å². The zero-order valence-corrected chi connectivity index (χ0v) is 40.3. The molecule has 1 radical (unpaired) electrons. The summed E-state index contributed by atoms with van der Waals surface area (Å²) in [6, 6.07) is 59.2. The van der Waals surface area contributed by atoms with Crippen molar-refractivity contribution in [2.24, 2.45) is 0 Å². The Labute approximate surface area is 436 Å². The molecule has 0 aliphatic heterocycles. The zero-order valence-electron chi connectivity index (χ0n) is 39.3. The van der Waals surface area contributed by atoms with Crippen molar-refractivity contribution in [3.05, 3.63) is 207 Å². The Balaban J connectivity index is 0.000000204. The predicted octanol–water partition coefficient (Wildman–Crippen LogP) is 14.2. The Kier molecular flexibility index (Phi) is 20.5. The molecule has 6 heterocycles. The van der Waals surface area contributed by atoms with Gasteiger partial charge in [0.2, 0.25) is 0 Å². The summed E-state index contributed by atoms with van der Waals surface area (Å²) in [6.45, 7) is 1.66. The molecule has 75 heavy (non-hydrogen) atoms. The molecule has 0 fully saturated rings. The molecule has 10 rings (SSSR count). The molecule has 0 spiro atoms. The van der Waals surface area contributed by atoms with Gasteiger partial charge < -0.3 is 53.5 Å². The van der Waals surface area contributed by atoms with Crippen LogP contribution in [0.5, 0.6) is 23.0 Å². The molecule has 0 unspecified atom stereocenters. The molecule has 0 saturated carbocycles. The molecule has 21 heteroatoms. The summed E-state index contributed by atoms with van der Waals surface area (Å²) in [5, 5.41) is 4.69. The van der Waals surface area contributed by atoms with Crippen molar-refractivity contribution < 1.29 is 70.3 Å².